The number of rotatable bonds is 2. The molecule has 0 fully saturated rings. The molecule has 1 aromatic carbocycles. The fraction of sp³-hybridized carbons (Fsp3) is 0.231. The fourth-order valence-corrected chi connectivity index (χ4v) is 3.19. The van der Waals surface area contributed by atoms with Crippen LogP contribution in [0.3, 0.4) is 0 Å². The smallest absolute Gasteiger partial charge is 0.258 e. The van der Waals surface area contributed by atoms with E-state index in [2.05, 4.69) is 10.5 Å². The molecule has 0 bridgehead atoms. The minimum atomic E-state index is -0.251. The van der Waals surface area contributed by atoms with Gasteiger partial charge in [-0.15, -0.1) is 0 Å². The van der Waals surface area contributed by atoms with Crippen LogP contribution >= 0.6 is 11.8 Å². The van der Waals surface area contributed by atoms with Gasteiger partial charge in [-0.3, -0.25) is 10.1 Å². The van der Waals surface area contributed by atoms with Crippen molar-refractivity contribution < 1.29 is 18.8 Å². The number of nitrogens with one attached hydrogen (secondary N) is 1. The van der Waals surface area contributed by atoms with Crippen LogP contribution in [0.2, 0.25) is 0 Å². The number of carbonyl (C=O) groups is 1. The Hall–Kier alpha value is -2.15. The number of nitrogens with zero attached hydrogens (tertiary/aromatic N) is 1. The van der Waals surface area contributed by atoms with E-state index >= 15 is 0 Å². The van der Waals surface area contributed by atoms with E-state index in [0.717, 1.165) is 22.8 Å². The molecular formula is C13H10N2O4S. The Morgan fingerprint density at radius 2 is 2.15 bits per heavy atom. The van der Waals surface area contributed by atoms with Crippen LogP contribution in [0.4, 0.5) is 5.88 Å². The standard InChI is InChI=1S/C13H10N2O4S/c16-12(7-1-2-10-11(3-7)18-6-17-10)14-13-8-4-20-5-9(8)15-19-13/h1-3H,4-6H2,(H,14,16). The Balaban J connectivity index is 1.58. The van der Waals surface area contributed by atoms with E-state index in [4.69, 9.17) is 14.0 Å². The zero-order valence-electron chi connectivity index (χ0n) is 10.3. The molecule has 2 aromatic rings. The maximum atomic E-state index is 12.2. The number of aromatic nitrogens is 1. The quantitative estimate of drug-likeness (QED) is 0.915. The minimum absolute atomic E-state index is 0.188. The third kappa shape index (κ3) is 1.82. The van der Waals surface area contributed by atoms with Crippen molar-refractivity contribution in [3.8, 4) is 11.5 Å². The number of ether oxygens (including phenoxy) is 2. The largest absolute Gasteiger partial charge is 0.454 e. The van der Waals surface area contributed by atoms with E-state index in [1.54, 1.807) is 30.0 Å². The summed E-state index contributed by atoms with van der Waals surface area (Å²) in [7, 11) is 0. The summed E-state index contributed by atoms with van der Waals surface area (Å²) < 4.78 is 15.6. The Labute approximate surface area is 118 Å². The number of thioether (sulfide) groups is 1. The summed E-state index contributed by atoms with van der Waals surface area (Å²) in [6.45, 7) is 0.188. The molecule has 102 valence electrons. The zero-order chi connectivity index (χ0) is 13.5. The second-order valence-corrected chi connectivity index (χ2v) is 5.44. The first-order valence-corrected chi connectivity index (χ1v) is 7.23. The van der Waals surface area contributed by atoms with Gasteiger partial charge in [-0.2, -0.15) is 11.8 Å². The van der Waals surface area contributed by atoms with Crippen LogP contribution < -0.4 is 14.8 Å². The van der Waals surface area contributed by atoms with Crippen LogP contribution in [0.5, 0.6) is 11.5 Å². The molecule has 1 amide bonds. The Kier molecular flexibility index (Phi) is 2.59. The van der Waals surface area contributed by atoms with Gasteiger partial charge in [-0.1, -0.05) is 5.16 Å². The molecule has 4 rings (SSSR count). The van der Waals surface area contributed by atoms with Crippen molar-refractivity contribution >= 4 is 23.6 Å². The van der Waals surface area contributed by atoms with Crippen molar-refractivity contribution in [2.75, 3.05) is 12.1 Å². The third-order valence-corrected chi connectivity index (χ3v) is 4.19. The number of benzene rings is 1. The van der Waals surface area contributed by atoms with Crippen LogP contribution in [0.25, 0.3) is 0 Å². The first kappa shape index (κ1) is 11.7. The summed E-state index contributed by atoms with van der Waals surface area (Å²) >= 11 is 1.75. The van der Waals surface area contributed by atoms with Gasteiger partial charge in [-0.05, 0) is 18.2 Å². The zero-order valence-corrected chi connectivity index (χ0v) is 11.2. The molecule has 0 unspecified atom stereocenters. The van der Waals surface area contributed by atoms with E-state index in [9.17, 15) is 4.79 Å². The molecule has 1 aromatic heterocycles. The summed E-state index contributed by atoms with van der Waals surface area (Å²) in [6, 6.07) is 5.06. The predicted octanol–water partition coefficient (Wildman–Crippen LogP) is 2.40. The topological polar surface area (TPSA) is 73.6 Å². The molecule has 20 heavy (non-hydrogen) atoms. The molecule has 0 saturated heterocycles. The lowest BCUT2D eigenvalue weighted by Crippen LogP contribution is -2.12. The van der Waals surface area contributed by atoms with E-state index < -0.39 is 0 Å². The number of hydrogen-bond acceptors (Lipinski definition) is 6. The highest BCUT2D eigenvalue weighted by atomic mass is 32.2. The SMILES string of the molecule is O=C(Nc1onc2c1CSC2)c1ccc2c(c1)OCO2. The minimum Gasteiger partial charge on any atom is -0.454 e. The molecule has 0 spiro atoms. The summed E-state index contributed by atoms with van der Waals surface area (Å²) in [5, 5.41) is 6.70. The number of carbonyl (C=O) groups excluding carboxylic acids is 1. The van der Waals surface area contributed by atoms with Crippen molar-refractivity contribution in [3.63, 3.8) is 0 Å². The molecule has 6 nitrogen and oxygen atoms in total. The van der Waals surface area contributed by atoms with Crippen LogP contribution in [0.1, 0.15) is 21.6 Å². The highest BCUT2D eigenvalue weighted by Gasteiger charge is 2.24. The summed E-state index contributed by atoms with van der Waals surface area (Å²) in [6.07, 6.45) is 0. The highest BCUT2D eigenvalue weighted by molar-refractivity contribution is 7.98. The van der Waals surface area contributed by atoms with Gasteiger partial charge < -0.3 is 14.0 Å². The van der Waals surface area contributed by atoms with Gasteiger partial charge in [0.2, 0.25) is 12.7 Å². The lowest BCUT2D eigenvalue weighted by atomic mass is 10.2. The van der Waals surface area contributed by atoms with Gasteiger partial charge in [0.15, 0.2) is 11.5 Å². The molecule has 3 heterocycles. The molecule has 0 aliphatic carbocycles. The molecule has 2 aliphatic rings. The molecule has 1 N–H and O–H groups in total. The van der Waals surface area contributed by atoms with Crippen molar-refractivity contribution in [1.29, 1.82) is 0 Å². The molecule has 0 saturated carbocycles. The summed E-state index contributed by atoms with van der Waals surface area (Å²) in [5.41, 5.74) is 2.38. The average Bonchev–Trinajstić information content (AvgIpc) is 3.14. The van der Waals surface area contributed by atoms with E-state index in [-0.39, 0.29) is 12.7 Å². The summed E-state index contributed by atoms with van der Waals surface area (Å²) in [4.78, 5) is 12.2. The Morgan fingerprint density at radius 1 is 1.25 bits per heavy atom. The van der Waals surface area contributed by atoms with Gasteiger partial charge in [0.25, 0.3) is 5.91 Å². The number of anilines is 1. The van der Waals surface area contributed by atoms with Crippen molar-refractivity contribution in [1.82, 2.24) is 5.16 Å². The first-order valence-electron chi connectivity index (χ1n) is 6.07. The monoisotopic (exact) mass is 290 g/mol. The van der Waals surface area contributed by atoms with Crippen LogP contribution in [-0.2, 0) is 11.5 Å². The number of fused-ring (bicyclic) bond motifs is 2. The average molecular weight is 290 g/mol. The number of hydrogen-bond donors (Lipinski definition) is 1. The Bertz CT molecular complexity index is 698. The molecule has 0 atom stereocenters. The van der Waals surface area contributed by atoms with Crippen LogP contribution in [0.15, 0.2) is 22.7 Å². The van der Waals surface area contributed by atoms with Crippen LogP contribution in [0, 0.1) is 0 Å². The van der Waals surface area contributed by atoms with Gasteiger partial charge in [-0.25, -0.2) is 0 Å². The molecule has 7 heteroatoms. The van der Waals surface area contributed by atoms with Gasteiger partial charge in [0.1, 0.15) is 0 Å². The second-order valence-electron chi connectivity index (χ2n) is 4.45. The van der Waals surface area contributed by atoms with Crippen molar-refractivity contribution in [3.05, 3.63) is 35.0 Å². The lowest BCUT2D eigenvalue weighted by molar-refractivity contribution is 0.102. The van der Waals surface area contributed by atoms with Gasteiger partial charge in [0.05, 0.1) is 11.3 Å². The van der Waals surface area contributed by atoms with Crippen molar-refractivity contribution in [2.24, 2.45) is 0 Å². The molecule has 2 aliphatic heterocycles. The third-order valence-electron chi connectivity index (χ3n) is 3.22. The predicted molar refractivity (Wildman–Crippen MR) is 72.0 cm³/mol. The van der Waals surface area contributed by atoms with E-state index in [1.807, 2.05) is 0 Å². The van der Waals surface area contributed by atoms with Crippen LogP contribution in [-0.4, -0.2) is 17.9 Å². The fourth-order valence-electron chi connectivity index (χ4n) is 2.17. The normalized spacial score (nSPS) is 15.2. The number of amides is 1. The maximum Gasteiger partial charge on any atom is 0.258 e. The Morgan fingerprint density at radius 3 is 3.10 bits per heavy atom. The first-order chi connectivity index (χ1) is 9.81. The summed E-state index contributed by atoms with van der Waals surface area (Å²) in [5.74, 6) is 3.07. The van der Waals surface area contributed by atoms with Gasteiger partial charge >= 0.3 is 0 Å². The second kappa shape index (κ2) is 4.45. The maximum absolute atomic E-state index is 12.2. The molecular weight excluding hydrogens is 280 g/mol. The van der Waals surface area contributed by atoms with E-state index in [0.29, 0.717) is 22.9 Å². The molecule has 0 radical (unpaired) electrons. The lowest BCUT2D eigenvalue weighted by Gasteiger charge is -2.04. The highest BCUT2D eigenvalue weighted by Crippen LogP contribution is 2.35. The van der Waals surface area contributed by atoms with Gasteiger partial charge in [0, 0.05) is 17.1 Å². The van der Waals surface area contributed by atoms with E-state index in [1.165, 1.54) is 0 Å². The van der Waals surface area contributed by atoms with Crippen molar-refractivity contribution in [2.45, 2.75) is 11.5 Å².